The number of hydrogen-bond acceptors (Lipinski definition) is 4. The summed E-state index contributed by atoms with van der Waals surface area (Å²) in [7, 11) is 1.85. The molecule has 1 saturated heterocycles. The fourth-order valence-electron chi connectivity index (χ4n) is 2.55. The van der Waals surface area contributed by atoms with Crippen LogP contribution in [0.2, 0.25) is 0 Å². The summed E-state index contributed by atoms with van der Waals surface area (Å²) in [6.45, 7) is 5.36. The fourth-order valence-corrected chi connectivity index (χ4v) is 2.55. The Kier molecular flexibility index (Phi) is 4.37. The molecule has 2 N–H and O–H groups in total. The lowest BCUT2D eigenvalue weighted by Crippen LogP contribution is -2.45. The molecule has 1 aromatic heterocycles. The quantitative estimate of drug-likeness (QED) is 0.889. The van der Waals surface area contributed by atoms with Crippen LogP contribution in [0.5, 0.6) is 0 Å². The summed E-state index contributed by atoms with van der Waals surface area (Å²) in [6.07, 6.45) is 3.64. The lowest BCUT2D eigenvalue weighted by atomic mass is 10.0. The van der Waals surface area contributed by atoms with Gasteiger partial charge in [0.15, 0.2) is 5.69 Å². The summed E-state index contributed by atoms with van der Waals surface area (Å²) in [5.74, 6) is -0.0759. The normalized spacial score (nSPS) is 17.4. The van der Waals surface area contributed by atoms with Crippen LogP contribution >= 0.6 is 0 Å². The lowest BCUT2D eigenvalue weighted by molar-refractivity contribution is 0.0642. The Balaban J connectivity index is 2.02. The minimum Gasteiger partial charge on any atom is -0.397 e. The van der Waals surface area contributed by atoms with E-state index in [1.165, 1.54) is 0 Å². The lowest BCUT2D eigenvalue weighted by Gasteiger charge is -2.36. The standard InChI is InChI=1S/C14H22N4O/c1-3-18-9-6-11(7-10-18)17(2)14(19)13-12(15)5-4-8-16-13/h4-5,8,11H,3,6-7,9-10,15H2,1-2H3. The average Bonchev–Trinajstić information content (AvgIpc) is 2.46. The maximum Gasteiger partial charge on any atom is 0.274 e. The maximum atomic E-state index is 12.4. The van der Waals surface area contributed by atoms with E-state index in [1.54, 1.807) is 23.2 Å². The van der Waals surface area contributed by atoms with Crippen LogP contribution in [0.3, 0.4) is 0 Å². The first kappa shape index (κ1) is 13.8. The molecule has 0 radical (unpaired) electrons. The molecule has 0 spiro atoms. The Bertz CT molecular complexity index is 441. The molecule has 1 aliphatic heterocycles. The molecule has 1 amide bonds. The van der Waals surface area contributed by atoms with Gasteiger partial charge in [-0.15, -0.1) is 0 Å². The number of hydrogen-bond donors (Lipinski definition) is 1. The first-order valence-corrected chi connectivity index (χ1v) is 6.83. The number of nitrogens with two attached hydrogens (primary N) is 1. The highest BCUT2D eigenvalue weighted by molar-refractivity contribution is 5.97. The third-order valence-corrected chi connectivity index (χ3v) is 3.91. The van der Waals surface area contributed by atoms with Gasteiger partial charge in [-0.25, -0.2) is 4.98 Å². The smallest absolute Gasteiger partial charge is 0.274 e. The van der Waals surface area contributed by atoms with Gasteiger partial charge in [0.05, 0.1) is 5.69 Å². The molecule has 0 saturated carbocycles. The van der Waals surface area contributed by atoms with E-state index in [9.17, 15) is 4.79 Å². The molecule has 5 nitrogen and oxygen atoms in total. The summed E-state index contributed by atoms with van der Waals surface area (Å²) in [4.78, 5) is 20.7. The van der Waals surface area contributed by atoms with Crippen molar-refractivity contribution in [2.45, 2.75) is 25.8 Å². The van der Waals surface area contributed by atoms with Gasteiger partial charge in [-0.05, 0) is 31.5 Å². The average molecular weight is 262 g/mol. The number of pyridine rings is 1. The van der Waals surface area contributed by atoms with Crippen molar-refractivity contribution in [3.8, 4) is 0 Å². The fraction of sp³-hybridized carbons (Fsp3) is 0.571. The molecule has 1 aliphatic rings. The molecule has 0 aliphatic carbocycles. The number of aromatic nitrogens is 1. The highest BCUT2D eigenvalue weighted by atomic mass is 16.2. The van der Waals surface area contributed by atoms with E-state index in [2.05, 4.69) is 16.8 Å². The second-order valence-corrected chi connectivity index (χ2v) is 5.02. The van der Waals surface area contributed by atoms with Gasteiger partial charge < -0.3 is 15.5 Å². The third-order valence-electron chi connectivity index (χ3n) is 3.91. The molecule has 1 aromatic rings. The number of piperidine rings is 1. The number of carbonyl (C=O) groups is 1. The van der Waals surface area contributed by atoms with Crippen molar-refractivity contribution in [3.05, 3.63) is 24.0 Å². The molecule has 0 aromatic carbocycles. The molecule has 104 valence electrons. The van der Waals surface area contributed by atoms with Gasteiger partial charge in [0.1, 0.15) is 0 Å². The van der Waals surface area contributed by atoms with Crippen molar-refractivity contribution in [3.63, 3.8) is 0 Å². The van der Waals surface area contributed by atoms with Crippen LogP contribution in [-0.4, -0.2) is 53.4 Å². The van der Waals surface area contributed by atoms with Crippen molar-refractivity contribution in [1.82, 2.24) is 14.8 Å². The predicted molar refractivity (Wildman–Crippen MR) is 75.9 cm³/mol. The van der Waals surface area contributed by atoms with Gasteiger partial charge >= 0.3 is 0 Å². The van der Waals surface area contributed by atoms with Crippen molar-refractivity contribution >= 4 is 11.6 Å². The predicted octanol–water partition coefficient (Wildman–Crippen LogP) is 1.22. The molecule has 0 bridgehead atoms. The van der Waals surface area contributed by atoms with Gasteiger partial charge in [-0.3, -0.25) is 4.79 Å². The first-order valence-electron chi connectivity index (χ1n) is 6.83. The van der Waals surface area contributed by atoms with Crippen LogP contribution in [0.15, 0.2) is 18.3 Å². The number of nitrogen functional groups attached to an aromatic ring is 1. The SMILES string of the molecule is CCN1CCC(N(C)C(=O)c2ncccc2N)CC1. The van der Waals surface area contributed by atoms with E-state index in [0.717, 1.165) is 32.5 Å². The van der Waals surface area contributed by atoms with Crippen LogP contribution in [0.25, 0.3) is 0 Å². The van der Waals surface area contributed by atoms with E-state index in [-0.39, 0.29) is 11.9 Å². The molecular weight excluding hydrogens is 240 g/mol. The van der Waals surface area contributed by atoms with Gasteiger partial charge in [0.25, 0.3) is 5.91 Å². The second-order valence-electron chi connectivity index (χ2n) is 5.02. The summed E-state index contributed by atoms with van der Waals surface area (Å²) < 4.78 is 0. The van der Waals surface area contributed by atoms with Crippen molar-refractivity contribution < 1.29 is 4.79 Å². The van der Waals surface area contributed by atoms with E-state index in [1.807, 2.05) is 7.05 Å². The number of rotatable bonds is 3. The van der Waals surface area contributed by atoms with Crippen molar-refractivity contribution in [1.29, 1.82) is 0 Å². The van der Waals surface area contributed by atoms with E-state index in [4.69, 9.17) is 5.73 Å². The summed E-state index contributed by atoms with van der Waals surface area (Å²) in [5, 5.41) is 0. The van der Waals surface area contributed by atoms with E-state index in [0.29, 0.717) is 11.4 Å². The molecule has 2 rings (SSSR count). The monoisotopic (exact) mass is 262 g/mol. The zero-order valence-electron chi connectivity index (χ0n) is 11.7. The Morgan fingerprint density at radius 2 is 2.21 bits per heavy atom. The first-order chi connectivity index (χ1) is 9.13. The van der Waals surface area contributed by atoms with E-state index >= 15 is 0 Å². The summed E-state index contributed by atoms with van der Waals surface area (Å²) >= 11 is 0. The zero-order chi connectivity index (χ0) is 13.8. The second kappa shape index (κ2) is 6.02. The molecule has 19 heavy (non-hydrogen) atoms. The van der Waals surface area contributed by atoms with Crippen molar-refractivity contribution in [2.24, 2.45) is 0 Å². The number of carbonyl (C=O) groups excluding carboxylic acids is 1. The third kappa shape index (κ3) is 3.04. The van der Waals surface area contributed by atoms with Gasteiger partial charge in [0, 0.05) is 32.4 Å². The maximum absolute atomic E-state index is 12.4. The molecule has 0 atom stereocenters. The Labute approximate surface area is 114 Å². The van der Waals surface area contributed by atoms with Crippen molar-refractivity contribution in [2.75, 3.05) is 32.4 Å². The Hall–Kier alpha value is -1.62. The Morgan fingerprint density at radius 3 is 2.79 bits per heavy atom. The van der Waals surface area contributed by atoms with Crippen LogP contribution in [0.4, 0.5) is 5.69 Å². The highest BCUT2D eigenvalue weighted by Gasteiger charge is 2.26. The molecule has 2 heterocycles. The number of amides is 1. The molecule has 0 unspecified atom stereocenters. The van der Waals surface area contributed by atoms with Crippen LogP contribution in [-0.2, 0) is 0 Å². The van der Waals surface area contributed by atoms with E-state index < -0.39 is 0 Å². The number of anilines is 1. The minimum atomic E-state index is -0.0759. The van der Waals surface area contributed by atoms with Crippen LogP contribution < -0.4 is 5.73 Å². The molecular formula is C14H22N4O. The Morgan fingerprint density at radius 1 is 1.53 bits per heavy atom. The molecule has 5 heteroatoms. The number of likely N-dealkylation sites (tertiary alicyclic amines) is 1. The minimum absolute atomic E-state index is 0.0759. The topological polar surface area (TPSA) is 62.5 Å². The largest absolute Gasteiger partial charge is 0.397 e. The van der Waals surface area contributed by atoms with Crippen LogP contribution in [0, 0.1) is 0 Å². The summed E-state index contributed by atoms with van der Waals surface area (Å²) in [6, 6.07) is 3.75. The summed E-state index contributed by atoms with van der Waals surface area (Å²) in [5.41, 5.74) is 6.63. The van der Waals surface area contributed by atoms with Gasteiger partial charge in [-0.1, -0.05) is 6.92 Å². The molecule has 1 fully saturated rings. The zero-order valence-corrected chi connectivity index (χ0v) is 11.7. The van der Waals surface area contributed by atoms with Gasteiger partial charge in [0.2, 0.25) is 0 Å². The van der Waals surface area contributed by atoms with Crippen LogP contribution in [0.1, 0.15) is 30.3 Å². The highest BCUT2D eigenvalue weighted by Crippen LogP contribution is 2.18. The number of nitrogens with zero attached hydrogens (tertiary/aromatic N) is 3. The van der Waals surface area contributed by atoms with Gasteiger partial charge in [-0.2, -0.15) is 0 Å².